The van der Waals surface area contributed by atoms with E-state index in [1.54, 1.807) is 12.1 Å². The van der Waals surface area contributed by atoms with Crippen LogP contribution in [-0.4, -0.2) is 20.6 Å². The summed E-state index contributed by atoms with van der Waals surface area (Å²) in [5, 5.41) is 9.05. The summed E-state index contributed by atoms with van der Waals surface area (Å²) in [6.45, 7) is 4.40. The van der Waals surface area contributed by atoms with E-state index < -0.39 is 5.97 Å². The Morgan fingerprint density at radius 1 is 1.38 bits per heavy atom. The molecule has 2 aromatic rings. The smallest absolute Gasteiger partial charge is 0.335 e. The van der Waals surface area contributed by atoms with E-state index in [4.69, 9.17) is 5.11 Å². The summed E-state index contributed by atoms with van der Waals surface area (Å²) in [6.07, 6.45) is 4.41. The van der Waals surface area contributed by atoms with Gasteiger partial charge in [-0.05, 0) is 36.5 Å². The Morgan fingerprint density at radius 3 is 2.81 bits per heavy atom. The number of nitrogens with one attached hydrogen (secondary N) is 1. The van der Waals surface area contributed by atoms with Gasteiger partial charge in [0, 0.05) is 6.04 Å². The lowest BCUT2D eigenvalue weighted by Crippen LogP contribution is -2.35. The minimum Gasteiger partial charge on any atom is -0.478 e. The third kappa shape index (κ3) is 2.26. The molecule has 0 amide bonds. The topological polar surface area (TPSA) is 75.1 Å². The van der Waals surface area contributed by atoms with Crippen molar-refractivity contribution in [1.29, 1.82) is 0 Å². The van der Waals surface area contributed by atoms with Crippen LogP contribution in [0.25, 0.3) is 11.0 Å². The molecule has 112 valence electrons. The van der Waals surface area contributed by atoms with Crippen LogP contribution < -0.4 is 5.69 Å². The minimum absolute atomic E-state index is 0.0721. The third-order valence-corrected chi connectivity index (χ3v) is 4.73. The molecule has 1 heterocycles. The number of aromatic carboxylic acids is 1. The van der Waals surface area contributed by atoms with Gasteiger partial charge in [0.15, 0.2) is 0 Å². The molecule has 0 aliphatic heterocycles. The van der Waals surface area contributed by atoms with Crippen molar-refractivity contribution in [2.45, 2.75) is 45.6 Å². The van der Waals surface area contributed by atoms with Crippen molar-refractivity contribution < 1.29 is 9.90 Å². The van der Waals surface area contributed by atoms with E-state index in [0.29, 0.717) is 5.52 Å². The molecule has 1 aliphatic carbocycles. The number of aromatic nitrogens is 2. The maximum atomic E-state index is 12.4. The normalized spacial score (nSPS) is 21.5. The number of imidazole rings is 1. The van der Waals surface area contributed by atoms with E-state index >= 15 is 0 Å². The number of carbonyl (C=O) groups is 1. The zero-order chi connectivity index (χ0) is 15.2. The van der Waals surface area contributed by atoms with Crippen molar-refractivity contribution in [1.82, 2.24) is 9.55 Å². The van der Waals surface area contributed by atoms with Crippen molar-refractivity contribution in [3.05, 3.63) is 34.2 Å². The molecule has 1 unspecified atom stereocenters. The SMILES string of the molecule is CC1(C)CCCCC1n1c(=O)[nH]c2cc(C(=O)O)ccc21. The Hall–Kier alpha value is -2.04. The number of nitrogens with zero attached hydrogens (tertiary/aromatic N) is 1. The second-order valence-corrected chi connectivity index (χ2v) is 6.59. The lowest BCUT2D eigenvalue weighted by atomic mass is 9.73. The fourth-order valence-electron chi connectivity index (χ4n) is 3.53. The van der Waals surface area contributed by atoms with Crippen LogP contribution in [0.4, 0.5) is 0 Å². The summed E-state index contributed by atoms with van der Waals surface area (Å²) in [4.78, 5) is 26.2. The molecular weight excluding hydrogens is 268 g/mol. The second kappa shape index (κ2) is 4.76. The van der Waals surface area contributed by atoms with Gasteiger partial charge in [-0.15, -0.1) is 0 Å². The molecule has 0 spiro atoms. The minimum atomic E-state index is -0.983. The average Bonchev–Trinajstić information content (AvgIpc) is 2.73. The number of hydrogen-bond donors (Lipinski definition) is 2. The molecule has 0 saturated heterocycles. The third-order valence-electron chi connectivity index (χ3n) is 4.73. The van der Waals surface area contributed by atoms with Crippen LogP contribution in [-0.2, 0) is 0 Å². The highest BCUT2D eigenvalue weighted by Gasteiger charge is 2.35. The molecule has 1 aromatic heterocycles. The molecule has 1 atom stereocenters. The first kappa shape index (κ1) is 13.9. The average molecular weight is 288 g/mol. The molecule has 1 aromatic carbocycles. The lowest BCUT2D eigenvalue weighted by Gasteiger charge is -2.39. The van der Waals surface area contributed by atoms with Crippen molar-refractivity contribution in [3.8, 4) is 0 Å². The van der Waals surface area contributed by atoms with E-state index in [1.165, 1.54) is 12.5 Å². The van der Waals surface area contributed by atoms with Gasteiger partial charge in [-0.1, -0.05) is 26.7 Å². The summed E-state index contributed by atoms with van der Waals surface area (Å²) in [7, 11) is 0. The number of hydrogen-bond acceptors (Lipinski definition) is 2. The quantitative estimate of drug-likeness (QED) is 0.891. The van der Waals surface area contributed by atoms with Gasteiger partial charge in [-0.3, -0.25) is 4.57 Å². The number of carboxylic acids is 1. The molecule has 0 bridgehead atoms. The maximum Gasteiger partial charge on any atom is 0.335 e. The Morgan fingerprint density at radius 2 is 2.14 bits per heavy atom. The molecule has 1 aliphatic rings. The van der Waals surface area contributed by atoms with Crippen molar-refractivity contribution >= 4 is 17.0 Å². The Balaban J connectivity index is 2.16. The van der Waals surface area contributed by atoms with E-state index in [0.717, 1.165) is 24.8 Å². The summed E-state index contributed by atoms with van der Waals surface area (Å²) in [5.41, 5.74) is 1.51. The highest BCUT2D eigenvalue weighted by Crippen LogP contribution is 2.44. The van der Waals surface area contributed by atoms with E-state index in [-0.39, 0.29) is 22.7 Å². The summed E-state index contributed by atoms with van der Waals surface area (Å²) in [5.74, 6) is -0.983. The Kier molecular flexibility index (Phi) is 3.15. The maximum absolute atomic E-state index is 12.4. The number of benzene rings is 1. The zero-order valence-electron chi connectivity index (χ0n) is 12.3. The number of rotatable bonds is 2. The highest BCUT2D eigenvalue weighted by atomic mass is 16.4. The van der Waals surface area contributed by atoms with Crippen molar-refractivity contribution in [2.24, 2.45) is 5.41 Å². The molecule has 5 heteroatoms. The van der Waals surface area contributed by atoms with Gasteiger partial charge in [-0.25, -0.2) is 9.59 Å². The van der Waals surface area contributed by atoms with E-state index in [1.807, 2.05) is 4.57 Å². The molecule has 2 N–H and O–H groups in total. The first-order chi connectivity index (χ1) is 9.90. The number of carboxylic acid groups (broad SMARTS) is 1. The van der Waals surface area contributed by atoms with Gasteiger partial charge in [0.1, 0.15) is 0 Å². The van der Waals surface area contributed by atoms with Crippen LogP contribution in [0.3, 0.4) is 0 Å². The first-order valence-corrected chi connectivity index (χ1v) is 7.38. The predicted octanol–water partition coefficient (Wildman–Crippen LogP) is 3.17. The number of fused-ring (bicyclic) bond motifs is 1. The summed E-state index contributed by atoms with van der Waals surface area (Å²) in [6, 6.07) is 4.99. The Labute approximate surface area is 122 Å². The van der Waals surface area contributed by atoms with Gasteiger partial charge >= 0.3 is 11.7 Å². The number of aromatic amines is 1. The van der Waals surface area contributed by atoms with Gasteiger partial charge in [0.2, 0.25) is 0 Å². The van der Waals surface area contributed by atoms with Crippen LogP contribution in [0.2, 0.25) is 0 Å². The lowest BCUT2D eigenvalue weighted by molar-refractivity contribution is 0.0697. The van der Waals surface area contributed by atoms with Crippen LogP contribution >= 0.6 is 0 Å². The van der Waals surface area contributed by atoms with Crippen molar-refractivity contribution in [3.63, 3.8) is 0 Å². The highest BCUT2D eigenvalue weighted by molar-refractivity contribution is 5.92. The molecule has 3 rings (SSSR count). The molecule has 21 heavy (non-hydrogen) atoms. The Bertz CT molecular complexity index is 754. The van der Waals surface area contributed by atoms with Crippen LogP contribution in [0.15, 0.2) is 23.0 Å². The molecule has 1 saturated carbocycles. The first-order valence-electron chi connectivity index (χ1n) is 7.38. The number of H-pyrrole nitrogens is 1. The zero-order valence-corrected chi connectivity index (χ0v) is 12.3. The van der Waals surface area contributed by atoms with Crippen LogP contribution in [0.5, 0.6) is 0 Å². The molecular formula is C16H20N2O3. The van der Waals surface area contributed by atoms with Gasteiger partial charge < -0.3 is 10.1 Å². The molecule has 0 radical (unpaired) electrons. The predicted molar refractivity (Wildman–Crippen MR) is 80.8 cm³/mol. The second-order valence-electron chi connectivity index (χ2n) is 6.59. The molecule has 5 nitrogen and oxygen atoms in total. The van der Waals surface area contributed by atoms with Gasteiger partial charge in [-0.2, -0.15) is 0 Å². The van der Waals surface area contributed by atoms with Crippen LogP contribution in [0.1, 0.15) is 55.9 Å². The van der Waals surface area contributed by atoms with Crippen LogP contribution in [0, 0.1) is 5.41 Å². The fraction of sp³-hybridized carbons (Fsp3) is 0.500. The fourth-order valence-corrected chi connectivity index (χ4v) is 3.53. The summed E-state index contributed by atoms with van der Waals surface area (Å²) >= 11 is 0. The standard InChI is InChI=1S/C16H20N2O3/c1-16(2)8-4-3-5-13(16)18-12-7-6-10(14(19)20)9-11(12)17-15(18)21/h6-7,9,13H,3-5,8H2,1-2H3,(H,17,21)(H,19,20). The van der Waals surface area contributed by atoms with Gasteiger partial charge in [0.05, 0.1) is 16.6 Å². The molecule has 1 fully saturated rings. The largest absolute Gasteiger partial charge is 0.478 e. The summed E-state index contributed by atoms with van der Waals surface area (Å²) < 4.78 is 1.82. The van der Waals surface area contributed by atoms with Gasteiger partial charge in [0.25, 0.3) is 0 Å². The van der Waals surface area contributed by atoms with Crippen molar-refractivity contribution in [2.75, 3.05) is 0 Å². The van der Waals surface area contributed by atoms with E-state index in [9.17, 15) is 9.59 Å². The monoisotopic (exact) mass is 288 g/mol. The van der Waals surface area contributed by atoms with E-state index in [2.05, 4.69) is 18.8 Å².